The lowest BCUT2D eigenvalue weighted by Crippen LogP contribution is -2.36. The molecule has 0 aliphatic heterocycles. The second kappa shape index (κ2) is 7.25. The highest BCUT2D eigenvalue weighted by Crippen LogP contribution is 2.33. The van der Waals surface area contributed by atoms with Gasteiger partial charge in [0.15, 0.2) is 5.65 Å². The number of halogens is 1. The zero-order valence-electron chi connectivity index (χ0n) is 14.7. The van der Waals surface area contributed by atoms with Gasteiger partial charge < -0.3 is 14.9 Å². The number of pyridine rings is 1. The lowest BCUT2D eigenvalue weighted by Gasteiger charge is -2.23. The zero-order valence-corrected chi connectivity index (χ0v) is 15.5. The Morgan fingerprint density at radius 1 is 1.33 bits per heavy atom. The number of carbonyl (C=O) groups excluding carboxylic acids is 1. The van der Waals surface area contributed by atoms with Gasteiger partial charge in [-0.3, -0.25) is 4.57 Å². The van der Waals surface area contributed by atoms with Crippen molar-refractivity contribution in [3.05, 3.63) is 16.8 Å². The van der Waals surface area contributed by atoms with E-state index in [4.69, 9.17) is 11.6 Å². The van der Waals surface area contributed by atoms with Crippen molar-refractivity contribution < 1.29 is 9.90 Å². The number of aromatic hydroxyl groups is 1. The van der Waals surface area contributed by atoms with Gasteiger partial charge in [-0.2, -0.15) is 4.98 Å². The Bertz CT molecular complexity index is 740. The maximum absolute atomic E-state index is 12.2. The molecule has 7 nitrogen and oxygen atoms in total. The van der Waals surface area contributed by atoms with Crippen LogP contribution < -0.4 is 0 Å². The molecule has 0 fully saturated rings. The van der Waals surface area contributed by atoms with E-state index in [0.29, 0.717) is 22.7 Å². The maximum Gasteiger partial charge on any atom is 0.319 e. The molecule has 132 valence electrons. The minimum absolute atomic E-state index is 0.0729. The first-order valence-electron chi connectivity index (χ1n) is 7.98. The van der Waals surface area contributed by atoms with Crippen LogP contribution in [0.2, 0.25) is 5.02 Å². The highest BCUT2D eigenvalue weighted by molar-refractivity contribution is 6.32. The van der Waals surface area contributed by atoms with E-state index in [9.17, 15) is 9.90 Å². The fourth-order valence-electron chi connectivity index (χ4n) is 2.88. The summed E-state index contributed by atoms with van der Waals surface area (Å²) in [5.74, 6) is 0. The molecule has 2 heterocycles. The van der Waals surface area contributed by atoms with E-state index in [1.54, 1.807) is 30.6 Å². The van der Waals surface area contributed by atoms with Gasteiger partial charge >= 0.3 is 6.03 Å². The summed E-state index contributed by atoms with van der Waals surface area (Å²) >= 11 is 6.37. The average molecular weight is 354 g/mol. The summed E-state index contributed by atoms with van der Waals surface area (Å²) in [6, 6.07) is -0.117. The highest BCUT2D eigenvalue weighted by Gasteiger charge is 2.23. The molecular weight excluding hydrogens is 330 g/mol. The van der Waals surface area contributed by atoms with Gasteiger partial charge in [0.25, 0.3) is 6.01 Å². The molecule has 24 heavy (non-hydrogen) atoms. The quantitative estimate of drug-likeness (QED) is 0.895. The summed E-state index contributed by atoms with van der Waals surface area (Å²) < 4.78 is 1.78. The molecule has 2 rings (SSSR count). The van der Waals surface area contributed by atoms with E-state index in [1.165, 1.54) is 11.1 Å². The van der Waals surface area contributed by atoms with Crippen LogP contribution in [0.5, 0.6) is 6.01 Å². The third-order valence-electron chi connectivity index (χ3n) is 4.16. The van der Waals surface area contributed by atoms with Crippen LogP contribution >= 0.6 is 11.6 Å². The Morgan fingerprint density at radius 2 is 1.96 bits per heavy atom. The third-order valence-corrected chi connectivity index (χ3v) is 4.49. The van der Waals surface area contributed by atoms with Gasteiger partial charge in [-0.15, -0.1) is 0 Å². The number of hydrogen-bond acceptors (Lipinski definition) is 4. The predicted octanol–water partition coefficient (Wildman–Crippen LogP) is 3.26. The van der Waals surface area contributed by atoms with E-state index in [1.807, 2.05) is 0 Å². The van der Waals surface area contributed by atoms with Crippen molar-refractivity contribution in [2.24, 2.45) is 0 Å². The summed E-state index contributed by atoms with van der Waals surface area (Å²) in [5, 5.41) is 10.7. The van der Waals surface area contributed by atoms with Gasteiger partial charge in [0.2, 0.25) is 0 Å². The van der Waals surface area contributed by atoms with Crippen molar-refractivity contribution >= 4 is 28.8 Å². The number of urea groups is 1. The predicted molar refractivity (Wildman–Crippen MR) is 94.4 cm³/mol. The lowest BCUT2D eigenvalue weighted by molar-refractivity contribution is 0.180. The monoisotopic (exact) mass is 353 g/mol. The molecule has 0 saturated heterocycles. The van der Waals surface area contributed by atoms with E-state index in [2.05, 4.69) is 23.8 Å². The summed E-state index contributed by atoms with van der Waals surface area (Å²) in [4.78, 5) is 23.6. The number of fused-ring (bicyclic) bond motifs is 1. The fraction of sp³-hybridized carbons (Fsp3) is 0.562. The van der Waals surface area contributed by atoms with Crippen LogP contribution in [0.25, 0.3) is 11.2 Å². The first-order valence-corrected chi connectivity index (χ1v) is 8.36. The zero-order chi connectivity index (χ0) is 18.0. The van der Waals surface area contributed by atoms with Crippen LogP contribution in [0, 0.1) is 0 Å². The standard InChI is InChI=1S/C16H24ClN5O2/c1-6-10(7-2)22-13-11(9-21(5)16(24)20(3)4)12(17)8-18-14(13)19-15(22)23/h8,10H,6-7,9H2,1-5H3,(H,18,19,23). The Labute approximate surface area is 146 Å². The van der Waals surface area contributed by atoms with Crippen LogP contribution in [0.1, 0.15) is 38.3 Å². The number of imidazole rings is 1. The van der Waals surface area contributed by atoms with Gasteiger partial charge in [-0.1, -0.05) is 25.4 Å². The van der Waals surface area contributed by atoms with Gasteiger partial charge in [-0.25, -0.2) is 9.78 Å². The van der Waals surface area contributed by atoms with Crippen molar-refractivity contribution in [1.82, 2.24) is 24.3 Å². The Kier molecular flexibility index (Phi) is 5.54. The number of hydrogen-bond donors (Lipinski definition) is 1. The van der Waals surface area contributed by atoms with E-state index in [0.717, 1.165) is 18.4 Å². The maximum atomic E-state index is 12.2. The summed E-state index contributed by atoms with van der Waals surface area (Å²) in [6.45, 7) is 4.41. The first-order chi connectivity index (χ1) is 11.3. The molecule has 0 radical (unpaired) electrons. The summed E-state index contributed by atoms with van der Waals surface area (Å²) in [5.41, 5.74) is 1.86. The number of amides is 2. The minimum Gasteiger partial charge on any atom is -0.480 e. The number of nitrogens with zero attached hydrogens (tertiary/aromatic N) is 5. The van der Waals surface area contributed by atoms with Crippen molar-refractivity contribution in [3.63, 3.8) is 0 Å². The van der Waals surface area contributed by atoms with Gasteiger partial charge in [0.1, 0.15) is 0 Å². The second-order valence-electron chi connectivity index (χ2n) is 6.04. The second-order valence-corrected chi connectivity index (χ2v) is 6.45. The smallest absolute Gasteiger partial charge is 0.319 e. The summed E-state index contributed by atoms with van der Waals surface area (Å²) in [7, 11) is 5.11. The fourth-order valence-corrected chi connectivity index (χ4v) is 3.08. The molecule has 2 aromatic heterocycles. The molecule has 0 unspecified atom stereocenters. The van der Waals surface area contributed by atoms with E-state index < -0.39 is 0 Å². The molecule has 0 aromatic carbocycles. The molecule has 0 aliphatic rings. The first kappa shape index (κ1) is 18.3. The van der Waals surface area contributed by atoms with Crippen LogP contribution in [0.4, 0.5) is 4.79 Å². The third kappa shape index (κ3) is 3.26. The molecule has 0 bridgehead atoms. The molecule has 2 aromatic rings. The molecular formula is C16H24ClN5O2. The Morgan fingerprint density at radius 3 is 2.50 bits per heavy atom. The molecule has 8 heteroatoms. The van der Waals surface area contributed by atoms with Crippen LogP contribution in [0.3, 0.4) is 0 Å². The molecule has 0 saturated carbocycles. The van der Waals surface area contributed by atoms with Crippen molar-refractivity contribution in [1.29, 1.82) is 0 Å². The Hall–Kier alpha value is -2.02. The van der Waals surface area contributed by atoms with E-state index >= 15 is 0 Å². The summed E-state index contributed by atoms with van der Waals surface area (Å²) in [6.07, 6.45) is 3.19. The molecule has 2 amide bonds. The number of aromatic nitrogens is 3. The highest BCUT2D eigenvalue weighted by atomic mass is 35.5. The molecule has 1 N–H and O–H groups in total. The van der Waals surface area contributed by atoms with Crippen LogP contribution in [0.15, 0.2) is 6.20 Å². The lowest BCUT2D eigenvalue weighted by atomic mass is 10.1. The normalized spacial score (nSPS) is 11.3. The minimum atomic E-state index is -0.131. The van der Waals surface area contributed by atoms with Crippen molar-refractivity contribution in [2.75, 3.05) is 21.1 Å². The SMILES string of the molecule is CCC(CC)n1c(O)nc2ncc(Cl)c(CN(C)C(=O)N(C)C)c21. The molecule has 0 aliphatic carbocycles. The van der Waals surface area contributed by atoms with Crippen LogP contribution in [-0.2, 0) is 6.54 Å². The van der Waals surface area contributed by atoms with Crippen molar-refractivity contribution in [3.8, 4) is 6.01 Å². The van der Waals surface area contributed by atoms with Gasteiger partial charge in [0.05, 0.1) is 17.1 Å². The topological polar surface area (TPSA) is 74.5 Å². The largest absolute Gasteiger partial charge is 0.480 e. The van der Waals surface area contributed by atoms with Gasteiger partial charge in [0, 0.05) is 38.9 Å². The number of rotatable bonds is 5. The molecule has 0 spiro atoms. The number of carbonyl (C=O) groups is 1. The van der Waals surface area contributed by atoms with E-state index in [-0.39, 0.29) is 18.1 Å². The van der Waals surface area contributed by atoms with Crippen molar-refractivity contribution in [2.45, 2.75) is 39.3 Å². The average Bonchev–Trinajstić information content (AvgIpc) is 2.87. The van der Waals surface area contributed by atoms with Crippen LogP contribution in [-0.4, -0.2) is 56.6 Å². The molecule has 0 atom stereocenters. The Balaban J connectivity index is 2.60. The van der Waals surface area contributed by atoms with Gasteiger partial charge in [-0.05, 0) is 12.8 Å².